The van der Waals surface area contributed by atoms with E-state index in [1.54, 1.807) is 0 Å². The fraction of sp³-hybridized carbons (Fsp3) is 0.923. The van der Waals surface area contributed by atoms with Crippen LogP contribution in [-0.2, 0) is 22.8 Å². The molecule has 4 atom stereocenters. The fourth-order valence-corrected chi connectivity index (χ4v) is 6.89. The SMILES string of the molecule is C#CCO[C@@H]1OC[C@@H](O[Si](C)(C)C(C)(C)C)[C@H](O[Si](C)(C)C(C)(C)C)[C@H]1O[Si](C)(C)C(C)(C)C. The summed E-state index contributed by atoms with van der Waals surface area (Å²) in [4.78, 5) is 0. The van der Waals surface area contributed by atoms with Crippen LogP contribution in [0.1, 0.15) is 62.3 Å². The Morgan fingerprint density at radius 1 is 0.706 bits per heavy atom. The zero-order chi connectivity index (χ0) is 27.0. The summed E-state index contributed by atoms with van der Waals surface area (Å²) in [6.07, 6.45) is 4.02. The van der Waals surface area contributed by atoms with E-state index >= 15 is 0 Å². The molecule has 0 N–H and O–H groups in total. The van der Waals surface area contributed by atoms with Gasteiger partial charge in [-0.15, -0.1) is 6.42 Å². The number of hydrogen-bond donors (Lipinski definition) is 0. The predicted octanol–water partition coefficient (Wildman–Crippen LogP) is 7.16. The molecule has 8 heteroatoms. The Morgan fingerprint density at radius 3 is 1.47 bits per heavy atom. The lowest BCUT2D eigenvalue weighted by Crippen LogP contribution is -2.65. The van der Waals surface area contributed by atoms with Gasteiger partial charge < -0.3 is 22.8 Å². The maximum atomic E-state index is 7.12. The first-order valence-corrected chi connectivity index (χ1v) is 21.4. The van der Waals surface area contributed by atoms with E-state index in [-0.39, 0.29) is 33.9 Å². The van der Waals surface area contributed by atoms with Gasteiger partial charge in [0.2, 0.25) is 0 Å². The normalized spacial score (nSPS) is 25.8. The van der Waals surface area contributed by atoms with E-state index in [0.717, 1.165) is 0 Å². The van der Waals surface area contributed by atoms with Crippen molar-refractivity contribution in [3.63, 3.8) is 0 Å². The third-order valence-corrected chi connectivity index (χ3v) is 21.9. The van der Waals surface area contributed by atoms with E-state index in [1.807, 2.05) is 0 Å². The molecule has 0 saturated carbocycles. The second-order valence-corrected chi connectivity index (χ2v) is 28.6. The molecule has 1 saturated heterocycles. The van der Waals surface area contributed by atoms with E-state index in [2.05, 4.69) is 108 Å². The lowest BCUT2D eigenvalue weighted by atomic mass is 10.1. The van der Waals surface area contributed by atoms with Crippen LogP contribution in [0.3, 0.4) is 0 Å². The summed E-state index contributed by atoms with van der Waals surface area (Å²) in [5, 5.41) is 0.142. The van der Waals surface area contributed by atoms with Gasteiger partial charge in [-0.05, 0) is 54.4 Å². The van der Waals surface area contributed by atoms with Crippen molar-refractivity contribution in [1.29, 1.82) is 0 Å². The fourth-order valence-electron chi connectivity index (χ4n) is 2.97. The average Bonchev–Trinajstić information content (AvgIpc) is 2.60. The summed E-state index contributed by atoms with van der Waals surface area (Å²) in [5.41, 5.74) is 0. The van der Waals surface area contributed by atoms with Gasteiger partial charge in [-0.25, -0.2) is 0 Å². The molecule has 0 amide bonds. The molecule has 34 heavy (non-hydrogen) atoms. The van der Waals surface area contributed by atoms with Crippen LogP contribution in [-0.4, -0.2) is 62.8 Å². The Morgan fingerprint density at radius 2 is 1.09 bits per heavy atom. The number of ether oxygens (including phenoxy) is 2. The molecular formula is C26H54O5Si3. The maximum absolute atomic E-state index is 7.12. The number of terminal acetylenes is 1. The van der Waals surface area contributed by atoms with E-state index in [1.165, 1.54) is 0 Å². The lowest BCUT2D eigenvalue weighted by Gasteiger charge is -2.52. The van der Waals surface area contributed by atoms with Gasteiger partial charge >= 0.3 is 0 Å². The second kappa shape index (κ2) is 10.8. The molecule has 5 nitrogen and oxygen atoms in total. The maximum Gasteiger partial charge on any atom is 0.192 e. The minimum Gasteiger partial charge on any atom is -0.409 e. The highest BCUT2D eigenvalue weighted by Crippen LogP contribution is 2.44. The van der Waals surface area contributed by atoms with Crippen LogP contribution in [0.25, 0.3) is 0 Å². The Bertz CT molecular complexity index is 708. The highest BCUT2D eigenvalue weighted by atomic mass is 28.4. The smallest absolute Gasteiger partial charge is 0.192 e. The molecule has 200 valence electrons. The van der Waals surface area contributed by atoms with Crippen molar-refractivity contribution in [2.45, 2.75) is 141 Å². The van der Waals surface area contributed by atoms with Crippen LogP contribution in [0, 0.1) is 12.3 Å². The largest absolute Gasteiger partial charge is 0.409 e. The Hall–Kier alpha value is 0.0106. The molecule has 0 aliphatic carbocycles. The van der Waals surface area contributed by atoms with Crippen LogP contribution < -0.4 is 0 Å². The van der Waals surface area contributed by atoms with Crippen molar-refractivity contribution < 1.29 is 22.8 Å². The summed E-state index contributed by atoms with van der Waals surface area (Å²) < 4.78 is 33.3. The average molecular weight is 531 g/mol. The van der Waals surface area contributed by atoms with Crippen molar-refractivity contribution in [3.8, 4) is 12.3 Å². The second-order valence-electron chi connectivity index (χ2n) is 14.3. The van der Waals surface area contributed by atoms with Crippen LogP contribution in [0.5, 0.6) is 0 Å². The minimum absolute atomic E-state index is 0.0262. The summed E-state index contributed by atoms with van der Waals surface area (Å²) in [6, 6.07) is 0. The van der Waals surface area contributed by atoms with Gasteiger partial charge in [0.15, 0.2) is 31.2 Å². The molecule has 0 bridgehead atoms. The third-order valence-electron chi connectivity index (χ3n) is 8.44. The van der Waals surface area contributed by atoms with Gasteiger partial charge in [0.25, 0.3) is 0 Å². The Balaban J connectivity index is 3.55. The summed E-state index contributed by atoms with van der Waals surface area (Å²) in [5.74, 6) is 2.58. The molecule has 1 heterocycles. The first-order chi connectivity index (χ1) is 15.0. The molecule has 1 aliphatic rings. The highest BCUT2D eigenvalue weighted by Gasteiger charge is 2.53. The molecule has 1 fully saturated rings. The van der Waals surface area contributed by atoms with Crippen molar-refractivity contribution >= 4 is 25.0 Å². The topological polar surface area (TPSA) is 46.2 Å². The highest BCUT2D eigenvalue weighted by molar-refractivity contribution is 6.75. The van der Waals surface area contributed by atoms with Crippen LogP contribution >= 0.6 is 0 Å². The zero-order valence-corrected chi connectivity index (χ0v) is 27.8. The zero-order valence-electron chi connectivity index (χ0n) is 24.8. The van der Waals surface area contributed by atoms with E-state index in [4.69, 9.17) is 29.2 Å². The van der Waals surface area contributed by atoms with Crippen molar-refractivity contribution in [1.82, 2.24) is 0 Å². The molecule has 1 aliphatic heterocycles. The minimum atomic E-state index is -2.18. The van der Waals surface area contributed by atoms with Gasteiger partial charge in [0.05, 0.1) is 12.7 Å². The Labute approximate surface area is 214 Å². The molecule has 0 radical (unpaired) electrons. The van der Waals surface area contributed by atoms with E-state index < -0.39 is 37.3 Å². The van der Waals surface area contributed by atoms with E-state index in [9.17, 15) is 0 Å². The van der Waals surface area contributed by atoms with Crippen molar-refractivity contribution in [2.24, 2.45) is 0 Å². The lowest BCUT2D eigenvalue weighted by molar-refractivity contribution is -0.256. The van der Waals surface area contributed by atoms with Crippen molar-refractivity contribution in [3.05, 3.63) is 0 Å². The van der Waals surface area contributed by atoms with Gasteiger partial charge in [-0.2, -0.15) is 0 Å². The molecule has 0 aromatic heterocycles. The van der Waals surface area contributed by atoms with Crippen LogP contribution in [0.2, 0.25) is 54.4 Å². The quantitative estimate of drug-likeness (QED) is 0.246. The summed E-state index contributed by atoms with van der Waals surface area (Å²) in [7, 11) is -6.43. The molecule has 0 unspecified atom stereocenters. The van der Waals surface area contributed by atoms with Crippen LogP contribution in [0.15, 0.2) is 0 Å². The third kappa shape index (κ3) is 7.75. The molecule has 0 aromatic carbocycles. The molecule has 1 rings (SSSR count). The van der Waals surface area contributed by atoms with Crippen molar-refractivity contribution in [2.75, 3.05) is 13.2 Å². The number of hydrogen-bond acceptors (Lipinski definition) is 5. The summed E-state index contributed by atoms with van der Waals surface area (Å²) in [6.45, 7) is 34.5. The Kier molecular flexibility index (Phi) is 10.2. The predicted molar refractivity (Wildman–Crippen MR) is 151 cm³/mol. The number of rotatable bonds is 8. The van der Waals surface area contributed by atoms with Gasteiger partial charge in [0, 0.05) is 0 Å². The molecule has 0 aromatic rings. The standard InChI is InChI=1S/C26H54O5Si3/c1-17-18-27-23-22(31-34(15,16)26(8,9)10)21(30-33(13,14)25(5,6)7)20(19-28-23)29-32(11,12)24(2,3)4/h1,20-23H,18-19H2,2-16H3/t20-,21+,22-,23-/m1/s1. The monoisotopic (exact) mass is 530 g/mol. The summed E-state index contributed by atoms with van der Waals surface area (Å²) >= 11 is 0. The van der Waals surface area contributed by atoms with E-state index in [0.29, 0.717) is 6.61 Å². The van der Waals surface area contributed by atoms with Gasteiger partial charge in [-0.1, -0.05) is 68.2 Å². The van der Waals surface area contributed by atoms with Crippen LogP contribution in [0.4, 0.5) is 0 Å². The first-order valence-electron chi connectivity index (χ1n) is 12.7. The first kappa shape index (κ1) is 32.0. The molecule has 0 spiro atoms. The van der Waals surface area contributed by atoms with Gasteiger partial charge in [0.1, 0.15) is 18.8 Å². The molecular weight excluding hydrogens is 477 g/mol. The van der Waals surface area contributed by atoms with Gasteiger partial charge in [-0.3, -0.25) is 0 Å².